The van der Waals surface area contributed by atoms with E-state index in [-0.39, 0.29) is 29.3 Å². The van der Waals surface area contributed by atoms with Crippen LogP contribution in [0.1, 0.15) is 17.0 Å². The van der Waals surface area contributed by atoms with Gasteiger partial charge in [-0.25, -0.2) is 0 Å². The number of hydrogen-bond acceptors (Lipinski definition) is 6. The van der Waals surface area contributed by atoms with E-state index in [9.17, 15) is 18.6 Å². The molecule has 134 valence electrons. The van der Waals surface area contributed by atoms with Gasteiger partial charge in [-0.2, -0.15) is 8.42 Å². The Hall–Kier alpha value is -1.93. The van der Waals surface area contributed by atoms with Crippen LogP contribution in [0.5, 0.6) is 5.75 Å². The van der Waals surface area contributed by atoms with Crippen molar-refractivity contribution in [1.29, 1.82) is 0 Å². The summed E-state index contributed by atoms with van der Waals surface area (Å²) in [5.41, 5.74) is 1.71. The number of benzene rings is 2. The minimum absolute atomic E-state index is 0.0853. The number of ether oxygens (including phenoxy) is 1. The van der Waals surface area contributed by atoms with Gasteiger partial charge in [-0.1, -0.05) is 29.8 Å². The molecule has 1 aliphatic heterocycles. The Morgan fingerprint density at radius 1 is 1.16 bits per heavy atom. The fraction of sp³-hybridized carbons (Fsp3) is 0.333. The number of epoxide rings is 1. The molecule has 0 aromatic heterocycles. The predicted octanol–water partition coefficient (Wildman–Crippen LogP) is 1.60. The first kappa shape index (κ1) is 17.9. The van der Waals surface area contributed by atoms with Crippen molar-refractivity contribution in [2.45, 2.75) is 29.9 Å². The van der Waals surface area contributed by atoms with Crippen LogP contribution >= 0.6 is 0 Å². The third kappa shape index (κ3) is 4.19. The van der Waals surface area contributed by atoms with Gasteiger partial charge in [-0.3, -0.25) is 0 Å². The number of hydrogen-bond donors (Lipinski definition) is 2. The van der Waals surface area contributed by atoms with Crippen molar-refractivity contribution >= 4 is 10.1 Å². The van der Waals surface area contributed by atoms with Crippen molar-refractivity contribution in [2.24, 2.45) is 0 Å². The summed E-state index contributed by atoms with van der Waals surface area (Å²) in [5.74, 6) is -0.175. The largest absolute Gasteiger partial charge is 0.394 e. The molecule has 3 atom stereocenters. The minimum atomic E-state index is -3.90. The molecule has 0 bridgehead atoms. The normalized spacial score (nSPS) is 19.2. The molecule has 2 aromatic rings. The first-order valence-corrected chi connectivity index (χ1v) is 9.33. The van der Waals surface area contributed by atoms with Gasteiger partial charge in [0.25, 0.3) is 0 Å². The lowest BCUT2D eigenvalue weighted by atomic mass is 9.91. The summed E-state index contributed by atoms with van der Waals surface area (Å²) in [4.78, 5) is 0.0853. The Balaban J connectivity index is 1.77. The third-order valence-electron chi connectivity index (χ3n) is 4.14. The second-order valence-electron chi connectivity index (χ2n) is 6.07. The van der Waals surface area contributed by atoms with Crippen molar-refractivity contribution in [3.63, 3.8) is 0 Å². The Labute approximate surface area is 146 Å². The number of rotatable bonds is 7. The molecule has 1 heterocycles. The molecule has 2 aromatic carbocycles. The fourth-order valence-corrected chi connectivity index (χ4v) is 3.62. The van der Waals surface area contributed by atoms with Crippen LogP contribution in [0.15, 0.2) is 53.4 Å². The Morgan fingerprint density at radius 3 is 2.28 bits per heavy atom. The molecule has 6 nitrogen and oxygen atoms in total. The highest BCUT2D eigenvalue weighted by Gasteiger charge is 2.38. The highest BCUT2D eigenvalue weighted by Crippen LogP contribution is 2.34. The highest BCUT2D eigenvalue weighted by molar-refractivity contribution is 7.87. The van der Waals surface area contributed by atoms with E-state index < -0.39 is 16.2 Å². The zero-order valence-corrected chi connectivity index (χ0v) is 14.5. The number of aliphatic hydroxyl groups is 2. The van der Waals surface area contributed by atoms with Crippen LogP contribution in [-0.2, 0) is 14.9 Å². The van der Waals surface area contributed by atoms with Crippen LogP contribution in [0.25, 0.3) is 0 Å². The summed E-state index contributed by atoms with van der Waals surface area (Å²) in [6.45, 7) is 2.03. The molecule has 0 spiro atoms. The Kier molecular flexibility index (Phi) is 5.10. The Morgan fingerprint density at radius 2 is 1.76 bits per heavy atom. The maximum absolute atomic E-state index is 12.3. The molecule has 2 N–H and O–H groups in total. The van der Waals surface area contributed by atoms with Gasteiger partial charge in [0, 0.05) is 5.92 Å². The van der Waals surface area contributed by atoms with E-state index in [1.165, 1.54) is 24.3 Å². The van der Waals surface area contributed by atoms with Crippen molar-refractivity contribution in [3.05, 3.63) is 59.7 Å². The molecule has 3 rings (SSSR count). The highest BCUT2D eigenvalue weighted by atomic mass is 32.2. The molecule has 25 heavy (non-hydrogen) atoms. The molecule has 1 fully saturated rings. The summed E-state index contributed by atoms with van der Waals surface area (Å²) in [6.07, 6.45) is -1.07. The summed E-state index contributed by atoms with van der Waals surface area (Å²) in [6, 6.07) is 12.8. The van der Waals surface area contributed by atoms with Crippen LogP contribution in [0.4, 0.5) is 0 Å². The van der Waals surface area contributed by atoms with Gasteiger partial charge in [0.1, 0.15) is 10.6 Å². The molecular formula is C18H20O6S. The average molecular weight is 364 g/mol. The third-order valence-corrected chi connectivity index (χ3v) is 5.40. The molecule has 0 aliphatic carbocycles. The van der Waals surface area contributed by atoms with E-state index in [0.717, 1.165) is 11.1 Å². The second-order valence-corrected chi connectivity index (χ2v) is 7.61. The van der Waals surface area contributed by atoms with Gasteiger partial charge < -0.3 is 19.1 Å². The Bertz CT molecular complexity index is 810. The molecule has 0 unspecified atom stereocenters. The van der Waals surface area contributed by atoms with E-state index in [1.807, 2.05) is 6.92 Å². The average Bonchev–Trinajstić information content (AvgIpc) is 3.41. The lowest BCUT2D eigenvalue weighted by molar-refractivity contribution is 0.0636. The summed E-state index contributed by atoms with van der Waals surface area (Å²) in [7, 11) is -3.90. The van der Waals surface area contributed by atoms with Crippen LogP contribution < -0.4 is 4.18 Å². The lowest BCUT2D eigenvalue weighted by Crippen LogP contribution is -2.26. The summed E-state index contributed by atoms with van der Waals surface area (Å²) >= 11 is 0. The fourth-order valence-electron chi connectivity index (χ4n) is 2.69. The monoisotopic (exact) mass is 364 g/mol. The molecule has 7 heteroatoms. The van der Waals surface area contributed by atoms with Gasteiger partial charge >= 0.3 is 10.1 Å². The molecule has 1 aliphatic rings. The SMILES string of the molecule is Cc1ccc(S(=O)(=O)Oc2ccc([C@@H]([C@H](O)CO)[C@H]3CO3)cc2)cc1. The van der Waals surface area contributed by atoms with Crippen LogP contribution in [-0.4, -0.2) is 44.1 Å². The van der Waals surface area contributed by atoms with E-state index >= 15 is 0 Å². The molecule has 0 saturated carbocycles. The van der Waals surface area contributed by atoms with E-state index in [4.69, 9.17) is 8.92 Å². The molecular weight excluding hydrogens is 344 g/mol. The predicted molar refractivity (Wildman–Crippen MR) is 91.0 cm³/mol. The summed E-state index contributed by atoms with van der Waals surface area (Å²) < 4.78 is 35.0. The summed E-state index contributed by atoms with van der Waals surface area (Å²) in [5, 5.41) is 19.1. The minimum Gasteiger partial charge on any atom is -0.394 e. The van der Waals surface area contributed by atoms with E-state index in [0.29, 0.717) is 6.61 Å². The zero-order valence-electron chi connectivity index (χ0n) is 13.7. The van der Waals surface area contributed by atoms with Gasteiger partial charge in [0.2, 0.25) is 0 Å². The first-order valence-electron chi connectivity index (χ1n) is 7.92. The van der Waals surface area contributed by atoms with E-state index in [1.54, 1.807) is 24.3 Å². The number of aryl methyl sites for hydroxylation is 1. The lowest BCUT2D eigenvalue weighted by Gasteiger charge is -2.20. The van der Waals surface area contributed by atoms with Gasteiger partial charge in [0.05, 0.1) is 25.4 Å². The zero-order chi connectivity index (χ0) is 18.0. The van der Waals surface area contributed by atoms with Crippen LogP contribution in [0.3, 0.4) is 0 Å². The topological polar surface area (TPSA) is 96.4 Å². The van der Waals surface area contributed by atoms with Gasteiger partial charge in [-0.15, -0.1) is 0 Å². The van der Waals surface area contributed by atoms with Crippen molar-refractivity contribution < 1.29 is 27.6 Å². The van der Waals surface area contributed by atoms with Crippen LogP contribution in [0.2, 0.25) is 0 Å². The van der Waals surface area contributed by atoms with Gasteiger partial charge in [-0.05, 0) is 36.8 Å². The van der Waals surface area contributed by atoms with Crippen molar-refractivity contribution in [1.82, 2.24) is 0 Å². The maximum atomic E-state index is 12.3. The number of aliphatic hydroxyl groups excluding tert-OH is 2. The molecule has 0 radical (unpaired) electrons. The molecule has 1 saturated heterocycles. The standard InChI is InChI=1S/C18H20O6S/c1-12-2-8-15(9-3-12)25(21,22)24-14-6-4-13(5-7-14)18(16(20)10-19)17-11-23-17/h2-9,16-20H,10-11H2,1H3/t16-,17-,18+/m1/s1. The van der Waals surface area contributed by atoms with E-state index in [2.05, 4.69) is 0 Å². The van der Waals surface area contributed by atoms with Crippen molar-refractivity contribution in [3.8, 4) is 5.75 Å². The smallest absolute Gasteiger partial charge is 0.339 e. The first-order chi connectivity index (χ1) is 11.9. The quantitative estimate of drug-likeness (QED) is 0.572. The maximum Gasteiger partial charge on any atom is 0.339 e. The van der Waals surface area contributed by atoms with Gasteiger partial charge in [0.15, 0.2) is 0 Å². The molecule has 0 amide bonds. The van der Waals surface area contributed by atoms with Crippen molar-refractivity contribution in [2.75, 3.05) is 13.2 Å². The van der Waals surface area contributed by atoms with Crippen LogP contribution in [0, 0.1) is 6.92 Å². The second kappa shape index (κ2) is 7.13.